The molecule has 1 rings (SSSR count). The van der Waals surface area contributed by atoms with Crippen molar-refractivity contribution in [2.24, 2.45) is 5.92 Å². The lowest BCUT2D eigenvalue weighted by Gasteiger charge is -2.29. The molecule has 2 nitrogen and oxygen atoms in total. The molecular weight excluding hydrogens is 186 g/mol. The van der Waals surface area contributed by atoms with Gasteiger partial charge in [-0.15, -0.1) is 11.6 Å². The molecule has 0 heterocycles. The van der Waals surface area contributed by atoms with Crippen LogP contribution in [-0.2, 0) is 4.79 Å². The highest BCUT2D eigenvalue weighted by atomic mass is 35.5. The summed E-state index contributed by atoms with van der Waals surface area (Å²) < 4.78 is 0. The van der Waals surface area contributed by atoms with E-state index < -0.39 is 0 Å². The van der Waals surface area contributed by atoms with Gasteiger partial charge in [0.15, 0.2) is 0 Å². The van der Waals surface area contributed by atoms with Gasteiger partial charge in [-0.2, -0.15) is 0 Å². The minimum atomic E-state index is -0.0958. The Hall–Kier alpha value is -0.240. The normalized spacial score (nSPS) is 20.8. The van der Waals surface area contributed by atoms with Gasteiger partial charge in [-0.3, -0.25) is 4.79 Å². The zero-order valence-corrected chi connectivity index (χ0v) is 9.16. The van der Waals surface area contributed by atoms with E-state index in [1.165, 1.54) is 0 Å². The van der Waals surface area contributed by atoms with Crippen LogP contribution in [0.5, 0.6) is 0 Å². The Bertz CT molecular complexity index is 191. The summed E-state index contributed by atoms with van der Waals surface area (Å²) in [6.45, 7) is 4.15. The van der Waals surface area contributed by atoms with E-state index in [1.807, 2.05) is 0 Å². The predicted octanol–water partition coefficient (Wildman–Crippen LogP) is 2.31. The highest BCUT2D eigenvalue weighted by Crippen LogP contribution is 2.30. The largest absolute Gasteiger partial charge is 0.351 e. The first kappa shape index (κ1) is 10.8. The smallest absolute Gasteiger partial charge is 0.223 e. The lowest BCUT2D eigenvalue weighted by Crippen LogP contribution is -2.46. The predicted molar refractivity (Wildman–Crippen MR) is 54.9 cm³/mol. The molecule has 0 radical (unpaired) electrons. The third kappa shape index (κ3) is 3.18. The number of carbonyl (C=O) groups is 1. The molecule has 13 heavy (non-hydrogen) atoms. The topological polar surface area (TPSA) is 29.1 Å². The molecule has 0 saturated heterocycles. The summed E-state index contributed by atoms with van der Waals surface area (Å²) >= 11 is 5.69. The van der Waals surface area contributed by atoms with Gasteiger partial charge in [0, 0.05) is 17.3 Å². The number of carbonyl (C=O) groups excluding carboxylic acids is 1. The van der Waals surface area contributed by atoms with Crippen LogP contribution >= 0.6 is 11.6 Å². The summed E-state index contributed by atoms with van der Waals surface area (Å²) in [7, 11) is 0. The third-order valence-electron chi connectivity index (χ3n) is 2.80. The fourth-order valence-electron chi connectivity index (χ4n) is 1.28. The summed E-state index contributed by atoms with van der Waals surface area (Å²) in [6, 6.07) is 0. The summed E-state index contributed by atoms with van der Waals surface area (Å²) in [5.41, 5.74) is -0.0958. The first-order valence-electron chi connectivity index (χ1n) is 4.99. The Kier molecular flexibility index (Phi) is 3.60. The molecule has 0 aromatic carbocycles. The molecule has 1 fully saturated rings. The van der Waals surface area contributed by atoms with E-state index in [9.17, 15) is 4.79 Å². The Labute approximate surface area is 85.0 Å². The van der Waals surface area contributed by atoms with Crippen LogP contribution in [0, 0.1) is 5.92 Å². The fraction of sp³-hybridized carbons (Fsp3) is 0.900. The van der Waals surface area contributed by atoms with Crippen molar-refractivity contribution in [2.45, 2.75) is 45.1 Å². The van der Waals surface area contributed by atoms with Crippen molar-refractivity contribution in [3.8, 4) is 0 Å². The summed E-state index contributed by atoms with van der Waals surface area (Å²) in [6.07, 6.45) is 3.92. The minimum Gasteiger partial charge on any atom is -0.351 e. The highest BCUT2D eigenvalue weighted by Gasteiger charge is 2.33. The fourth-order valence-corrected chi connectivity index (χ4v) is 1.70. The molecule has 1 aliphatic carbocycles. The number of halogens is 1. The molecule has 1 saturated carbocycles. The SMILES string of the molecule is CCC(C)(CCCl)NC(=O)C1CC1. The second-order valence-electron chi connectivity index (χ2n) is 4.12. The van der Waals surface area contributed by atoms with Gasteiger partial charge in [0.05, 0.1) is 0 Å². The van der Waals surface area contributed by atoms with Crippen molar-refractivity contribution in [3.63, 3.8) is 0 Å². The van der Waals surface area contributed by atoms with Crippen LogP contribution in [0.2, 0.25) is 0 Å². The minimum absolute atomic E-state index is 0.0958. The van der Waals surface area contributed by atoms with Crippen LogP contribution in [0.15, 0.2) is 0 Å². The van der Waals surface area contributed by atoms with Crippen LogP contribution in [0.25, 0.3) is 0 Å². The Balaban J connectivity index is 2.40. The van der Waals surface area contributed by atoms with E-state index in [-0.39, 0.29) is 11.4 Å². The van der Waals surface area contributed by atoms with Gasteiger partial charge in [0.2, 0.25) is 5.91 Å². The van der Waals surface area contributed by atoms with Crippen LogP contribution in [0.1, 0.15) is 39.5 Å². The van der Waals surface area contributed by atoms with Crippen molar-refractivity contribution < 1.29 is 4.79 Å². The van der Waals surface area contributed by atoms with E-state index in [0.717, 1.165) is 25.7 Å². The van der Waals surface area contributed by atoms with Crippen molar-refractivity contribution >= 4 is 17.5 Å². The first-order valence-corrected chi connectivity index (χ1v) is 5.53. The molecule has 0 aromatic rings. The molecule has 1 atom stereocenters. The van der Waals surface area contributed by atoms with Gasteiger partial charge < -0.3 is 5.32 Å². The molecule has 0 aliphatic heterocycles. The monoisotopic (exact) mass is 203 g/mol. The molecule has 0 spiro atoms. The maximum absolute atomic E-state index is 11.5. The maximum atomic E-state index is 11.5. The molecule has 0 aromatic heterocycles. The quantitative estimate of drug-likeness (QED) is 0.683. The lowest BCUT2D eigenvalue weighted by molar-refractivity contribution is -0.124. The van der Waals surface area contributed by atoms with E-state index >= 15 is 0 Å². The molecule has 1 unspecified atom stereocenters. The third-order valence-corrected chi connectivity index (χ3v) is 2.99. The van der Waals surface area contributed by atoms with Crippen molar-refractivity contribution in [2.75, 3.05) is 5.88 Å². The molecule has 3 heteroatoms. The first-order chi connectivity index (χ1) is 6.11. The zero-order chi connectivity index (χ0) is 9.90. The average Bonchev–Trinajstić information content (AvgIpc) is 2.87. The van der Waals surface area contributed by atoms with Gasteiger partial charge >= 0.3 is 0 Å². The molecule has 1 aliphatic rings. The molecule has 76 valence electrons. The number of alkyl halides is 1. The van der Waals surface area contributed by atoms with E-state index in [0.29, 0.717) is 11.8 Å². The summed E-state index contributed by atoms with van der Waals surface area (Å²) in [5.74, 6) is 1.12. The van der Waals surface area contributed by atoms with Crippen molar-refractivity contribution in [1.82, 2.24) is 5.32 Å². The second kappa shape index (κ2) is 4.32. The van der Waals surface area contributed by atoms with Crippen LogP contribution in [-0.4, -0.2) is 17.3 Å². The highest BCUT2D eigenvalue weighted by molar-refractivity contribution is 6.17. The summed E-state index contributed by atoms with van der Waals surface area (Å²) in [5, 5.41) is 3.08. The molecule has 1 amide bonds. The summed E-state index contributed by atoms with van der Waals surface area (Å²) in [4.78, 5) is 11.5. The Morgan fingerprint density at radius 1 is 1.62 bits per heavy atom. The number of rotatable bonds is 5. The van der Waals surface area contributed by atoms with Gasteiger partial charge in [-0.05, 0) is 32.6 Å². The van der Waals surface area contributed by atoms with E-state index in [4.69, 9.17) is 11.6 Å². The van der Waals surface area contributed by atoms with Gasteiger partial charge in [-0.1, -0.05) is 6.92 Å². The standard InChI is InChI=1S/C10H18ClNO/c1-3-10(2,6-7-11)12-9(13)8-4-5-8/h8H,3-7H2,1-2H3,(H,12,13). The average molecular weight is 204 g/mol. The van der Waals surface area contributed by atoms with Crippen LogP contribution < -0.4 is 5.32 Å². The van der Waals surface area contributed by atoms with Crippen molar-refractivity contribution in [3.05, 3.63) is 0 Å². The van der Waals surface area contributed by atoms with E-state index in [2.05, 4.69) is 19.2 Å². The Morgan fingerprint density at radius 2 is 2.23 bits per heavy atom. The number of amides is 1. The van der Waals surface area contributed by atoms with Gasteiger partial charge in [0.25, 0.3) is 0 Å². The second-order valence-corrected chi connectivity index (χ2v) is 4.49. The zero-order valence-electron chi connectivity index (χ0n) is 8.40. The molecule has 1 N–H and O–H groups in total. The lowest BCUT2D eigenvalue weighted by atomic mass is 9.95. The number of hydrogen-bond acceptors (Lipinski definition) is 1. The van der Waals surface area contributed by atoms with Crippen LogP contribution in [0.3, 0.4) is 0 Å². The Morgan fingerprint density at radius 3 is 2.62 bits per heavy atom. The maximum Gasteiger partial charge on any atom is 0.223 e. The van der Waals surface area contributed by atoms with Crippen LogP contribution in [0.4, 0.5) is 0 Å². The number of nitrogens with one attached hydrogen (secondary N) is 1. The van der Waals surface area contributed by atoms with E-state index in [1.54, 1.807) is 0 Å². The molecule has 0 bridgehead atoms. The van der Waals surface area contributed by atoms with Crippen molar-refractivity contribution in [1.29, 1.82) is 0 Å². The number of hydrogen-bond donors (Lipinski definition) is 1. The molecular formula is C10H18ClNO. The van der Waals surface area contributed by atoms with Gasteiger partial charge in [0.1, 0.15) is 0 Å². The van der Waals surface area contributed by atoms with Gasteiger partial charge in [-0.25, -0.2) is 0 Å².